The van der Waals surface area contributed by atoms with Gasteiger partial charge in [-0.25, -0.2) is 0 Å². The van der Waals surface area contributed by atoms with Gasteiger partial charge in [-0.3, -0.25) is 0 Å². The number of rotatable bonds is 2. The highest BCUT2D eigenvalue weighted by molar-refractivity contribution is 5.57. The standard InChI is InChI=1S/C14H16N4/c1-4-18-13-6-14(2,3)5-11(12(13)9-17)10(7-15)8-16/h18H,4-6H2,1-3H3. The quantitative estimate of drug-likeness (QED) is 0.752. The van der Waals surface area contributed by atoms with Gasteiger partial charge in [0.25, 0.3) is 0 Å². The van der Waals surface area contributed by atoms with Crippen LogP contribution in [-0.4, -0.2) is 6.54 Å². The maximum Gasteiger partial charge on any atom is 0.134 e. The predicted octanol–water partition coefficient (Wildman–Crippen LogP) is 2.54. The Kier molecular flexibility index (Phi) is 4.13. The molecule has 0 atom stereocenters. The molecule has 4 heteroatoms. The zero-order chi connectivity index (χ0) is 13.8. The molecule has 0 fully saturated rings. The summed E-state index contributed by atoms with van der Waals surface area (Å²) < 4.78 is 0. The fraction of sp³-hybridized carbons (Fsp3) is 0.500. The van der Waals surface area contributed by atoms with Gasteiger partial charge in [-0.15, -0.1) is 0 Å². The summed E-state index contributed by atoms with van der Waals surface area (Å²) in [4.78, 5) is 0. The van der Waals surface area contributed by atoms with Crippen LogP contribution in [0, 0.1) is 39.4 Å². The Morgan fingerprint density at radius 3 is 2.28 bits per heavy atom. The second kappa shape index (κ2) is 5.39. The Morgan fingerprint density at radius 2 is 1.83 bits per heavy atom. The van der Waals surface area contributed by atoms with Crippen molar-refractivity contribution in [2.75, 3.05) is 6.54 Å². The van der Waals surface area contributed by atoms with E-state index in [1.807, 2.05) is 19.1 Å². The molecular weight excluding hydrogens is 224 g/mol. The van der Waals surface area contributed by atoms with Crippen LogP contribution in [0.5, 0.6) is 0 Å². The Labute approximate surface area is 108 Å². The minimum atomic E-state index is -0.0495. The molecule has 0 aromatic carbocycles. The molecule has 0 bridgehead atoms. The number of hydrogen-bond donors (Lipinski definition) is 1. The van der Waals surface area contributed by atoms with Crippen molar-refractivity contribution < 1.29 is 0 Å². The SMILES string of the molecule is CCNC1=C(C#N)C(=C(C#N)C#N)CC(C)(C)C1. The molecule has 0 saturated heterocycles. The van der Waals surface area contributed by atoms with Crippen molar-refractivity contribution in [3.8, 4) is 18.2 Å². The van der Waals surface area contributed by atoms with E-state index in [-0.39, 0.29) is 11.0 Å². The normalized spacial score (nSPS) is 17.4. The van der Waals surface area contributed by atoms with Gasteiger partial charge in [0.05, 0.1) is 5.57 Å². The second-order valence-corrected chi connectivity index (χ2v) is 5.09. The van der Waals surface area contributed by atoms with Gasteiger partial charge in [-0.1, -0.05) is 13.8 Å². The highest BCUT2D eigenvalue weighted by Gasteiger charge is 2.32. The molecule has 0 aromatic rings. The Hall–Kier alpha value is -2.25. The van der Waals surface area contributed by atoms with Crippen LogP contribution in [0.15, 0.2) is 22.4 Å². The van der Waals surface area contributed by atoms with Crippen molar-refractivity contribution in [1.29, 1.82) is 15.8 Å². The fourth-order valence-electron chi connectivity index (χ4n) is 2.25. The third-order valence-electron chi connectivity index (χ3n) is 2.94. The van der Waals surface area contributed by atoms with Crippen LogP contribution >= 0.6 is 0 Å². The van der Waals surface area contributed by atoms with Crippen LogP contribution < -0.4 is 5.32 Å². The molecule has 0 amide bonds. The topological polar surface area (TPSA) is 83.4 Å². The van der Waals surface area contributed by atoms with Crippen molar-refractivity contribution in [2.45, 2.75) is 33.6 Å². The van der Waals surface area contributed by atoms with Gasteiger partial charge in [-0.05, 0) is 25.2 Å². The molecule has 1 aliphatic rings. The van der Waals surface area contributed by atoms with E-state index in [2.05, 4.69) is 25.2 Å². The first-order valence-electron chi connectivity index (χ1n) is 5.90. The van der Waals surface area contributed by atoms with Crippen LogP contribution in [0.4, 0.5) is 0 Å². The number of hydrogen-bond acceptors (Lipinski definition) is 4. The summed E-state index contributed by atoms with van der Waals surface area (Å²) in [5.41, 5.74) is 1.89. The first-order valence-corrected chi connectivity index (χ1v) is 5.90. The van der Waals surface area contributed by atoms with Gasteiger partial charge in [0.1, 0.15) is 23.8 Å². The van der Waals surface area contributed by atoms with Gasteiger partial charge in [0.15, 0.2) is 0 Å². The Balaban J connectivity index is 3.47. The molecule has 92 valence electrons. The molecule has 0 aromatic heterocycles. The first kappa shape index (κ1) is 13.8. The van der Waals surface area contributed by atoms with Crippen molar-refractivity contribution >= 4 is 0 Å². The lowest BCUT2D eigenvalue weighted by atomic mass is 9.73. The van der Waals surface area contributed by atoms with Crippen molar-refractivity contribution in [1.82, 2.24) is 5.32 Å². The number of nitrogens with zero attached hydrogens (tertiary/aromatic N) is 3. The fourth-order valence-corrected chi connectivity index (χ4v) is 2.25. The zero-order valence-corrected chi connectivity index (χ0v) is 11.0. The van der Waals surface area contributed by atoms with Crippen LogP contribution in [0.25, 0.3) is 0 Å². The summed E-state index contributed by atoms with van der Waals surface area (Å²) >= 11 is 0. The number of nitrogens with one attached hydrogen (secondary N) is 1. The van der Waals surface area contributed by atoms with E-state index >= 15 is 0 Å². The van der Waals surface area contributed by atoms with Crippen molar-refractivity contribution in [3.63, 3.8) is 0 Å². The maximum atomic E-state index is 9.27. The van der Waals surface area contributed by atoms with E-state index in [1.165, 1.54) is 0 Å². The molecule has 0 aliphatic heterocycles. The zero-order valence-electron chi connectivity index (χ0n) is 11.0. The minimum Gasteiger partial charge on any atom is -0.388 e. The van der Waals surface area contributed by atoms with E-state index in [0.29, 0.717) is 17.6 Å². The highest BCUT2D eigenvalue weighted by atomic mass is 14.9. The van der Waals surface area contributed by atoms with E-state index in [0.717, 1.165) is 18.7 Å². The molecule has 0 saturated carbocycles. The van der Waals surface area contributed by atoms with E-state index < -0.39 is 0 Å². The molecule has 0 heterocycles. The summed E-state index contributed by atoms with van der Waals surface area (Å²) in [5.74, 6) is 0. The van der Waals surface area contributed by atoms with Gasteiger partial charge in [-0.2, -0.15) is 15.8 Å². The van der Waals surface area contributed by atoms with Crippen molar-refractivity contribution in [3.05, 3.63) is 22.4 Å². The van der Waals surface area contributed by atoms with Crippen LogP contribution in [-0.2, 0) is 0 Å². The molecule has 0 radical (unpaired) electrons. The van der Waals surface area contributed by atoms with Gasteiger partial charge < -0.3 is 5.32 Å². The molecule has 18 heavy (non-hydrogen) atoms. The highest BCUT2D eigenvalue weighted by Crippen LogP contribution is 2.41. The Bertz CT molecular complexity index is 514. The van der Waals surface area contributed by atoms with Crippen LogP contribution in [0.1, 0.15) is 33.6 Å². The third-order valence-corrected chi connectivity index (χ3v) is 2.94. The van der Waals surface area contributed by atoms with Gasteiger partial charge in [0, 0.05) is 17.8 Å². The predicted molar refractivity (Wildman–Crippen MR) is 67.6 cm³/mol. The molecule has 0 unspecified atom stereocenters. The summed E-state index contributed by atoms with van der Waals surface area (Å²) in [7, 11) is 0. The second-order valence-electron chi connectivity index (χ2n) is 5.09. The Morgan fingerprint density at radius 1 is 1.22 bits per heavy atom. The molecule has 4 nitrogen and oxygen atoms in total. The first-order chi connectivity index (χ1) is 8.49. The molecule has 1 N–H and O–H groups in total. The number of allylic oxidation sites excluding steroid dienone is 4. The lowest BCUT2D eigenvalue weighted by Crippen LogP contribution is -2.27. The average Bonchev–Trinajstić information content (AvgIpc) is 2.29. The van der Waals surface area contributed by atoms with E-state index in [1.54, 1.807) is 0 Å². The summed E-state index contributed by atoms with van der Waals surface area (Å²) in [6.45, 7) is 6.83. The number of nitriles is 3. The summed E-state index contributed by atoms with van der Waals surface area (Å²) in [6, 6.07) is 5.92. The van der Waals surface area contributed by atoms with Gasteiger partial charge >= 0.3 is 0 Å². The molecule has 1 aliphatic carbocycles. The average molecular weight is 240 g/mol. The molecule has 0 spiro atoms. The monoisotopic (exact) mass is 240 g/mol. The lowest BCUT2D eigenvalue weighted by Gasteiger charge is -2.33. The van der Waals surface area contributed by atoms with E-state index in [4.69, 9.17) is 10.5 Å². The van der Waals surface area contributed by atoms with Crippen molar-refractivity contribution in [2.24, 2.45) is 5.41 Å². The van der Waals surface area contributed by atoms with E-state index in [9.17, 15) is 5.26 Å². The molecular formula is C14H16N4. The third kappa shape index (κ3) is 2.70. The van der Waals surface area contributed by atoms with Crippen LogP contribution in [0.3, 0.4) is 0 Å². The minimum absolute atomic E-state index is 0.0495. The summed E-state index contributed by atoms with van der Waals surface area (Å²) in [5, 5.41) is 30.4. The van der Waals surface area contributed by atoms with Gasteiger partial charge in [0.2, 0.25) is 0 Å². The van der Waals surface area contributed by atoms with Crippen LogP contribution in [0.2, 0.25) is 0 Å². The maximum absolute atomic E-state index is 9.27. The summed E-state index contributed by atoms with van der Waals surface area (Å²) in [6.07, 6.45) is 1.35. The lowest BCUT2D eigenvalue weighted by molar-refractivity contribution is 0.339. The molecule has 1 rings (SSSR count). The largest absolute Gasteiger partial charge is 0.388 e. The smallest absolute Gasteiger partial charge is 0.134 e.